The Balaban J connectivity index is 1.48. The summed E-state index contributed by atoms with van der Waals surface area (Å²) in [6.07, 6.45) is 2.99. The van der Waals surface area contributed by atoms with Gasteiger partial charge in [-0.3, -0.25) is 9.59 Å². The number of likely N-dealkylation sites (N-methyl/N-ethyl adjacent to an activating group) is 1. The third kappa shape index (κ3) is 3.56. The van der Waals surface area contributed by atoms with Gasteiger partial charge in [0.1, 0.15) is 0 Å². The van der Waals surface area contributed by atoms with E-state index in [1.165, 1.54) is 4.90 Å². The maximum absolute atomic E-state index is 12.5. The van der Waals surface area contributed by atoms with Crippen molar-refractivity contribution in [2.45, 2.75) is 45.6 Å². The third-order valence-electron chi connectivity index (χ3n) is 5.36. The molecule has 1 aliphatic carbocycles. The van der Waals surface area contributed by atoms with Crippen molar-refractivity contribution in [1.82, 2.24) is 24.8 Å². The number of aryl methyl sites for hydroxylation is 2. The summed E-state index contributed by atoms with van der Waals surface area (Å²) in [7, 11) is 1.68. The lowest BCUT2D eigenvalue weighted by Crippen LogP contribution is -2.39. The molecule has 0 radical (unpaired) electrons. The number of hydrogen-bond acceptors (Lipinski definition) is 4. The summed E-state index contributed by atoms with van der Waals surface area (Å²) in [4.78, 5) is 30.6. The largest absolute Gasteiger partial charge is 0.352 e. The Morgan fingerprint density at radius 2 is 2.00 bits per heavy atom. The second kappa shape index (κ2) is 7.22. The minimum absolute atomic E-state index is 0.0459. The molecule has 0 atom stereocenters. The molecule has 7 heteroatoms. The first kappa shape index (κ1) is 18.4. The molecule has 4 rings (SSSR count). The van der Waals surface area contributed by atoms with Gasteiger partial charge in [0, 0.05) is 36.3 Å². The summed E-state index contributed by atoms with van der Waals surface area (Å²) in [5.41, 5.74) is 4.70. The highest BCUT2D eigenvalue weighted by atomic mass is 16.2. The van der Waals surface area contributed by atoms with Gasteiger partial charge in [-0.25, -0.2) is 9.50 Å². The molecule has 2 aromatic heterocycles. The third-order valence-corrected chi connectivity index (χ3v) is 5.36. The van der Waals surface area contributed by atoms with Crippen molar-refractivity contribution in [2.24, 2.45) is 0 Å². The number of carbonyl (C=O) groups excluding carboxylic acids is 2. The molecule has 1 saturated carbocycles. The highest BCUT2D eigenvalue weighted by molar-refractivity contribution is 5.92. The van der Waals surface area contributed by atoms with E-state index in [1.807, 2.05) is 42.6 Å². The lowest BCUT2D eigenvalue weighted by Gasteiger charge is -2.17. The van der Waals surface area contributed by atoms with Crippen LogP contribution in [0.4, 0.5) is 0 Å². The molecule has 1 aliphatic rings. The number of hydrogen-bond donors (Lipinski definition) is 1. The predicted molar refractivity (Wildman–Crippen MR) is 107 cm³/mol. The van der Waals surface area contributed by atoms with Crippen molar-refractivity contribution >= 4 is 28.4 Å². The molecule has 0 bridgehead atoms. The van der Waals surface area contributed by atoms with Gasteiger partial charge in [0.15, 0.2) is 5.65 Å². The summed E-state index contributed by atoms with van der Waals surface area (Å²) >= 11 is 0. The van der Waals surface area contributed by atoms with E-state index < -0.39 is 0 Å². The molecule has 146 valence electrons. The number of rotatable bonds is 6. The molecule has 0 spiro atoms. The van der Waals surface area contributed by atoms with Crippen LogP contribution >= 0.6 is 0 Å². The van der Waals surface area contributed by atoms with Crippen LogP contribution in [0.2, 0.25) is 0 Å². The minimum Gasteiger partial charge on any atom is -0.352 e. The van der Waals surface area contributed by atoms with Crippen molar-refractivity contribution < 1.29 is 9.59 Å². The number of aromatic nitrogens is 3. The second-order valence-corrected chi connectivity index (χ2v) is 7.61. The average Bonchev–Trinajstić information content (AvgIpc) is 3.39. The fourth-order valence-electron chi connectivity index (χ4n) is 3.57. The van der Waals surface area contributed by atoms with Crippen LogP contribution in [0.5, 0.6) is 0 Å². The smallest absolute Gasteiger partial charge is 0.239 e. The molecule has 0 aliphatic heterocycles. The highest BCUT2D eigenvalue weighted by Crippen LogP contribution is 2.23. The molecule has 3 aromatic rings. The van der Waals surface area contributed by atoms with Crippen LogP contribution in [0.1, 0.15) is 36.2 Å². The van der Waals surface area contributed by atoms with Crippen LogP contribution in [0, 0.1) is 13.8 Å². The predicted octanol–water partition coefficient (Wildman–Crippen LogP) is 2.17. The highest BCUT2D eigenvalue weighted by Gasteiger charge is 2.24. The van der Waals surface area contributed by atoms with E-state index in [4.69, 9.17) is 4.98 Å². The Labute approximate surface area is 163 Å². The van der Waals surface area contributed by atoms with Gasteiger partial charge in [-0.15, -0.1) is 0 Å². The van der Waals surface area contributed by atoms with Crippen LogP contribution in [-0.2, 0) is 16.0 Å². The minimum atomic E-state index is -0.0861. The summed E-state index contributed by atoms with van der Waals surface area (Å²) in [5.74, 6) is -0.132. The zero-order chi connectivity index (χ0) is 19.8. The van der Waals surface area contributed by atoms with E-state index in [2.05, 4.69) is 10.4 Å². The topological polar surface area (TPSA) is 79.6 Å². The number of nitrogens with one attached hydrogen (secondary N) is 1. The number of amides is 2. The molecule has 0 unspecified atom stereocenters. The lowest BCUT2D eigenvalue weighted by atomic mass is 10.1. The van der Waals surface area contributed by atoms with Crippen molar-refractivity contribution in [1.29, 1.82) is 0 Å². The fourth-order valence-corrected chi connectivity index (χ4v) is 3.57. The van der Waals surface area contributed by atoms with Crippen molar-refractivity contribution in [3.8, 4) is 0 Å². The Kier molecular flexibility index (Phi) is 4.75. The van der Waals surface area contributed by atoms with E-state index in [0.717, 1.165) is 46.3 Å². The molecular formula is C21H25N5O2. The molecule has 7 nitrogen and oxygen atoms in total. The van der Waals surface area contributed by atoms with Crippen LogP contribution in [0.15, 0.2) is 24.3 Å². The molecule has 28 heavy (non-hydrogen) atoms. The fraction of sp³-hybridized carbons (Fsp3) is 0.429. The van der Waals surface area contributed by atoms with Gasteiger partial charge in [-0.2, -0.15) is 5.10 Å². The first-order chi connectivity index (χ1) is 13.4. The molecule has 2 heterocycles. The van der Waals surface area contributed by atoms with Crippen LogP contribution in [0.3, 0.4) is 0 Å². The molecule has 1 fully saturated rings. The summed E-state index contributed by atoms with van der Waals surface area (Å²) in [5, 5.41) is 8.59. The second-order valence-electron chi connectivity index (χ2n) is 7.61. The lowest BCUT2D eigenvalue weighted by molar-refractivity contribution is -0.134. The Morgan fingerprint density at radius 3 is 2.75 bits per heavy atom. The molecule has 2 amide bonds. The first-order valence-corrected chi connectivity index (χ1v) is 9.71. The van der Waals surface area contributed by atoms with Crippen LogP contribution in [-0.4, -0.2) is 50.9 Å². The average molecular weight is 379 g/mol. The quantitative estimate of drug-likeness (QED) is 0.712. The Hall–Kier alpha value is -2.96. The van der Waals surface area contributed by atoms with Gasteiger partial charge in [-0.05, 0) is 50.8 Å². The summed E-state index contributed by atoms with van der Waals surface area (Å²) < 4.78 is 1.87. The van der Waals surface area contributed by atoms with Gasteiger partial charge in [0.25, 0.3) is 0 Å². The maximum Gasteiger partial charge on any atom is 0.239 e. The van der Waals surface area contributed by atoms with E-state index in [0.29, 0.717) is 18.9 Å². The van der Waals surface area contributed by atoms with E-state index in [9.17, 15) is 9.59 Å². The number of carbonyl (C=O) groups is 2. The van der Waals surface area contributed by atoms with E-state index >= 15 is 0 Å². The van der Waals surface area contributed by atoms with Crippen molar-refractivity contribution in [2.75, 3.05) is 13.6 Å². The molecular weight excluding hydrogens is 354 g/mol. The summed E-state index contributed by atoms with van der Waals surface area (Å²) in [6, 6.07) is 8.26. The zero-order valence-electron chi connectivity index (χ0n) is 16.5. The SMILES string of the molecule is Cc1nc2c3ccccc3nn2c(C)c1CCC(=O)N(C)CC(=O)NC1CC1. The van der Waals surface area contributed by atoms with Gasteiger partial charge in [-0.1, -0.05) is 12.1 Å². The van der Waals surface area contributed by atoms with Crippen molar-refractivity contribution in [3.63, 3.8) is 0 Å². The van der Waals surface area contributed by atoms with Gasteiger partial charge < -0.3 is 10.2 Å². The number of benzene rings is 1. The normalized spacial score (nSPS) is 13.8. The Morgan fingerprint density at radius 1 is 1.25 bits per heavy atom. The molecule has 1 aromatic carbocycles. The standard InChI is InChI=1S/C21H25N5O2/c1-13-16(10-11-20(28)25(3)12-19(27)23-15-8-9-15)14(2)26-21(22-13)17-6-4-5-7-18(17)24-26/h4-7,15H,8-12H2,1-3H3,(H,23,27). The number of nitrogens with zero attached hydrogens (tertiary/aromatic N) is 4. The van der Waals surface area contributed by atoms with Crippen LogP contribution in [0.25, 0.3) is 16.6 Å². The monoisotopic (exact) mass is 379 g/mol. The molecule has 0 saturated heterocycles. The maximum atomic E-state index is 12.5. The summed E-state index contributed by atoms with van der Waals surface area (Å²) in [6.45, 7) is 4.09. The van der Waals surface area contributed by atoms with Crippen molar-refractivity contribution in [3.05, 3.63) is 41.2 Å². The van der Waals surface area contributed by atoms with Gasteiger partial charge >= 0.3 is 0 Å². The number of fused-ring (bicyclic) bond motifs is 3. The molecule has 1 N–H and O–H groups in total. The van der Waals surface area contributed by atoms with Gasteiger partial charge in [0.2, 0.25) is 11.8 Å². The Bertz CT molecular complexity index is 1070. The van der Waals surface area contributed by atoms with Gasteiger partial charge in [0.05, 0.1) is 12.1 Å². The zero-order valence-corrected chi connectivity index (χ0v) is 16.5. The first-order valence-electron chi connectivity index (χ1n) is 9.71. The van der Waals surface area contributed by atoms with Crippen LogP contribution < -0.4 is 5.32 Å². The van der Waals surface area contributed by atoms with E-state index in [1.54, 1.807) is 7.05 Å². The van der Waals surface area contributed by atoms with E-state index in [-0.39, 0.29) is 18.4 Å².